The van der Waals surface area contributed by atoms with Crippen molar-refractivity contribution in [3.8, 4) is 0 Å². The second kappa shape index (κ2) is 11.1. The highest BCUT2D eigenvalue weighted by atomic mass is 16.5. The smallest absolute Gasteiger partial charge is 0.108 e. The van der Waals surface area contributed by atoms with E-state index in [4.69, 9.17) is 4.74 Å². The summed E-state index contributed by atoms with van der Waals surface area (Å²) in [6.07, 6.45) is 3.86. The normalized spacial score (nSPS) is 24.1. The first-order chi connectivity index (χ1) is 12.2. The van der Waals surface area contributed by atoms with Crippen molar-refractivity contribution in [2.24, 2.45) is 0 Å². The van der Waals surface area contributed by atoms with Crippen LogP contribution in [-0.4, -0.2) is 116 Å². The molecule has 2 saturated heterocycles. The quantitative estimate of drug-likeness (QED) is 0.571. The zero-order valence-electron chi connectivity index (χ0n) is 15.9. The highest BCUT2D eigenvalue weighted by Crippen LogP contribution is 2.11. The molecule has 0 spiro atoms. The molecule has 2 aliphatic rings. The second-order valence-electron chi connectivity index (χ2n) is 7.06. The standard InChI is InChI=1S/C19H36N4O2/c1-4-6-20-8-10-22(11-9-20)16-19(17-24)25-18(3)23-14-12-21(7-5-2)13-15-23/h4-5,18-19,24H,1-2,6-17H2,3H3. The predicted octanol–water partition coefficient (Wildman–Crippen LogP) is 0.317. The Balaban J connectivity index is 1.70. The van der Waals surface area contributed by atoms with E-state index in [-0.39, 0.29) is 18.9 Å². The summed E-state index contributed by atoms with van der Waals surface area (Å²) in [7, 11) is 0. The Morgan fingerprint density at radius 3 is 1.84 bits per heavy atom. The van der Waals surface area contributed by atoms with Crippen molar-refractivity contribution < 1.29 is 9.84 Å². The zero-order valence-corrected chi connectivity index (χ0v) is 15.9. The number of ether oxygens (including phenoxy) is 1. The molecule has 2 unspecified atom stereocenters. The fraction of sp³-hybridized carbons (Fsp3) is 0.789. The molecule has 2 heterocycles. The zero-order chi connectivity index (χ0) is 18.1. The van der Waals surface area contributed by atoms with Crippen molar-refractivity contribution in [2.45, 2.75) is 19.3 Å². The van der Waals surface area contributed by atoms with Gasteiger partial charge in [0.2, 0.25) is 0 Å². The molecule has 6 nitrogen and oxygen atoms in total. The third-order valence-electron chi connectivity index (χ3n) is 5.22. The first-order valence-corrected chi connectivity index (χ1v) is 9.55. The first-order valence-electron chi connectivity index (χ1n) is 9.55. The molecular formula is C19H36N4O2. The van der Waals surface area contributed by atoms with E-state index in [1.165, 1.54) is 0 Å². The molecule has 0 bridgehead atoms. The van der Waals surface area contributed by atoms with Crippen molar-refractivity contribution in [1.82, 2.24) is 19.6 Å². The first kappa shape index (κ1) is 20.6. The van der Waals surface area contributed by atoms with Crippen LogP contribution in [-0.2, 0) is 4.74 Å². The van der Waals surface area contributed by atoms with E-state index < -0.39 is 0 Å². The summed E-state index contributed by atoms with van der Waals surface area (Å²) in [6, 6.07) is 0. The lowest BCUT2D eigenvalue weighted by Crippen LogP contribution is -2.53. The lowest BCUT2D eigenvalue weighted by molar-refractivity contribution is -0.121. The molecule has 0 aromatic carbocycles. The molecule has 2 aliphatic heterocycles. The van der Waals surface area contributed by atoms with Gasteiger partial charge in [-0.1, -0.05) is 12.2 Å². The van der Waals surface area contributed by atoms with Gasteiger partial charge in [0, 0.05) is 72.0 Å². The van der Waals surface area contributed by atoms with Gasteiger partial charge in [-0.3, -0.25) is 19.6 Å². The van der Waals surface area contributed by atoms with E-state index in [0.29, 0.717) is 0 Å². The SMILES string of the molecule is C=CCN1CCN(CC(CO)OC(C)N2CCN(CC=C)CC2)CC1. The van der Waals surface area contributed by atoms with Crippen molar-refractivity contribution in [3.05, 3.63) is 25.3 Å². The molecule has 0 aromatic rings. The van der Waals surface area contributed by atoms with Gasteiger partial charge in [-0.25, -0.2) is 0 Å². The molecular weight excluding hydrogens is 316 g/mol. The monoisotopic (exact) mass is 352 g/mol. The molecule has 0 amide bonds. The van der Waals surface area contributed by atoms with Gasteiger partial charge in [0.25, 0.3) is 0 Å². The minimum Gasteiger partial charge on any atom is -0.394 e. The number of hydrogen-bond acceptors (Lipinski definition) is 6. The number of rotatable bonds is 10. The van der Waals surface area contributed by atoms with Gasteiger partial charge in [-0.15, -0.1) is 13.2 Å². The number of nitrogens with zero attached hydrogens (tertiary/aromatic N) is 4. The molecule has 1 N–H and O–H groups in total. The van der Waals surface area contributed by atoms with Crippen LogP contribution in [0.5, 0.6) is 0 Å². The van der Waals surface area contributed by atoms with E-state index >= 15 is 0 Å². The average Bonchev–Trinajstić information content (AvgIpc) is 2.63. The molecule has 0 aromatic heterocycles. The summed E-state index contributed by atoms with van der Waals surface area (Å²) in [5, 5.41) is 9.74. The van der Waals surface area contributed by atoms with Gasteiger partial charge in [-0.2, -0.15) is 0 Å². The van der Waals surface area contributed by atoms with Crippen LogP contribution in [0.25, 0.3) is 0 Å². The van der Waals surface area contributed by atoms with Gasteiger partial charge in [0.1, 0.15) is 6.23 Å². The van der Waals surface area contributed by atoms with Gasteiger partial charge in [0.05, 0.1) is 12.7 Å². The third-order valence-corrected chi connectivity index (χ3v) is 5.22. The van der Waals surface area contributed by atoms with Crippen LogP contribution in [0.3, 0.4) is 0 Å². The van der Waals surface area contributed by atoms with Crippen LogP contribution in [0.2, 0.25) is 0 Å². The average molecular weight is 353 g/mol. The molecule has 144 valence electrons. The number of aliphatic hydroxyl groups is 1. The fourth-order valence-corrected chi connectivity index (χ4v) is 3.63. The Bertz CT molecular complexity index is 391. The lowest BCUT2D eigenvalue weighted by Gasteiger charge is -2.40. The van der Waals surface area contributed by atoms with Crippen molar-refractivity contribution in [2.75, 3.05) is 78.6 Å². The van der Waals surface area contributed by atoms with Crippen LogP contribution in [0.4, 0.5) is 0 Å². The third kappa shape index (κ3) is 6.81. The summed E-state index contributed by atoms with van der Waals surface area (Å²) >= 11 is 0. The number of piperazine rings is 2. The van der Waals surface area contributed by atoms with E-state index in [1.54, 1.807) is 0 Å². The van der Waals surface area contributed by atoms with Gasteiger partial charge in [0.15, 0.2) is 0 Å². The maximum absolute atomic E-state index is 9.74. The lowest BCUT2D eigenvalue weighted by atomic mass is 10.2. The largest absolute Gasteiger partial charge is 0.394 e. The van der Waals surface area contributed by atoms with Crippen LogP contribution in [0.15, 0.2) is 25.3 Å². The fourth-order valence-electron chi connectivity index (χ4n) is 3.63. The Labute approximate surface area is 153 Å². The van der Waals surface area contributed by atoms with Crippen LogP contribution in [0, 0.1) is 0 Å². The van der Waals surface area contributed by atoms with Crippen molar-refractivity contribution in [3.63, 3.8) is 0 Å². The summed E-state index contributed by atoms with van der Waals surface area (Å²) in [5.74, 6) is 0. The summed E-state index contributed by atoms with van der Waals surface area (Å²) in [4.78, 5) is 9.58. The van der Waals surface area contributed by atoms with Crippen molar-refractivity contribution in [1.29, 1.82) is 0 Å². The number of hydrogen-bond donors (Lipinski definition) is 1. The topological polar surface area (TPSA) is 42.4 Å². The molecule has 6 heteroatoms. The van der Waals surface area contributed by atoms with Crippen LogP contribution < -0.4 is 0 Å². The second-order valence-corrected chi connectivity index (χ2v) is 7.06. The summed E-state index contributed by atoms with van der Waals surface area (Å²) in [5.41, 5.74) is 0. The van der Waals surface area contributed by atoms with Crippen LogP contribution >= 0.6 is 0 Å². The maximum Gasteiger partial charge on any atom is 0.108 e. The van der Waals surface area contributed by atoms with E-state index in [2.05, 4.69) is 39.7 Å². The summed E-state index contributed by atoms with van der Waals surface area (Å²) < 4.78 is 6.18. The highest BCUT2D eigenvalue weighted by molar-refractivity contribution is 4.81. The molecule has 2 rings (SSSR count). The Morgan fingerprint density at radius 2 is 1.36 bits per heavy atom. The Kier molecular flexibility index (Phi) is 9.09. The molecule has 2 fully saturated rings. The van der Waals surface area contributed by atoms with Crippen LogP contribution in [0.1, 0.15) is 6.92 Å². The molecule has 0 saturated carbocycles. The van der Waals surface area contributed by atoms with Gasteiger partial charge < -0.3 is 9.84 Å². The van der Waals surface area contributed by atoms with E-state index in [9.17, 15) is 5.11 Å². The van der Waals surface area contributed by atoms with Gasteiger partial charge >= 0.3 is 0 Å². The van der Waals surface area contributed by atoms with Gasteiger partial charge in [-0.05, 0) is 6.92 Å². The van der Waals surface area contributed by atoms with Crippen molar-refractivity contribution >= 4 is 0 Å². The predicted molar refractivity (Wildman–Crippen MR) is 103 cm³/mol. The minimum atomic E-state index is -0.118. The molecule has 0 aliphatic carbocycles. The highest BCUT2D eigenvalue weighted by Gasteiger charge is 2.25. The molecule has 0 radical (unpaired) electrons. The summed E-state index contributed by atoms with van der Waals surface area (Å²) in [6.45, 7) is 20.8. The Hall–Kier alpha value is -0.760. The van der Waals surface area contributed by atoms with E-state index in [1.807, 2.05) is 12.2 Å². The Morgan fingerprint density at radius 1 is 0.880 bits per heavy atom. The molecule has 2 atom stereocenters. The van der Waals surface area contributed by atoms with E-state index in [0.717, 1.165) is 72.0 Å². The molecule has 25 heavy (non-hydrogen) atoms. The maximum atomic E-state index is 9.74. The minimum absolute atomic E-state index is 0.0464. The number of aliphatic hydroxyl groups excluding tert-OH is 1.